The van der Waals surface area contributed by atoms with Gasteiger partial charge in [-0.3, -0.25) is 10.1 Å². The molecule has 3 rings (SSSR count). The smallest absolute Gasteiger partial charge is 0.257 e. The molecule has 7 heteroatoms. The second-order valence-corrected chi connectivity index (χ2v) is 5.59. The molecule has 2 aromatic carbocycles. The first-order valence-corrected chi connectivity index (χ1v) is 7.81. The third kappa shape index (κ3) is 3.41. The fourth-order valence-corrected chi connectivity index (χ4v) is 2.47. The van der Waals surface area contributed by atoms with E-state index in [4.69, 9.17) is 21.7 Å². The summed E-state index contributed by atoms with van der Waals surface area (Å²) >= 11 is 5.14. The van der Waals surface area contributed by atoms with Gasteiger partial charge in [-0.25, -0.2) is 0 Å². The first-order chi connectivity index (χ1) is 11.6. The molecule has 0 aromatic heterocycles. The lowest BCUT2D eigenvalue weighted by Crippen LogP contribution is -2.34. The predicted molar refractivity (Wildman–Crippen MR) is 93.7 cm³/mol. The molecule has 124 valence electrons. The Labute approximate surface area is 144 Å². The van der Waals surface area contributed by atoms with Gasteiger partial charge in [0.05, 0.1) is 5.69 Å². The van der Waals surface area contributed by atoms with Gasteiger partial charge < -0.3 is 19.9 Å². The Morgan fingerprint density at radius 3 is 2.79 bits per heavy atom. The highest BCUT2D eigenvalue weighted by Gasteiger charge is 2.17. The summed E-state index contributed by atoms with van der Waals surface area (Å²) in [4.78, 5) is 12.3. The average Bonchev–Trinajstić information content (AvgIpc) is 3.04. The van der Waals surface area contributed by atoms with E-state index < -0.39 is 0 Å². The molecule has 2 aromatic rings. The van der Waals surface area contributed by atoms with Crippen molar-refractivity contribution in [1.82, 2.24) is 5.32 Å². The zero-order valence-electron chi connectivity index (χ0n) is 13.0. The molecule has 1 amide bonds. The van der Waals surface area contributed by atoms with Crippen molar-refractivity contribution in [1.29, 1.82) is 0 Å². The number of phenolic OH excluding ortho intramolecular Hbond substituents is 1. The Morgan fingerprint density at radius 2 is 2.00 bits per heavy atom. The number of hydrogen-bond donors (Lipinski definition) is 3. The number of fused-ring (bicyclic) bond motifs is 1. The summed E-state index contributed by atoms with van der Waals surface area (Å²) in [7, 11) is 0. The summed E-state index contributed by atoms with van der Waals surface area (Å²) in [5, 5.41) is 15.4. The van der Waals surface area contributed by atoms with Gasteiger partial charge in [0.2, 0.25) is 6.79 Å². The number of benzene rings is 2. The Morgan fingerprint density at radius 1 is 1.21 bits per heavy atom. The van der Waals surface area contributed by atoms with Crippen molar-refractivity contribution in [3.63, 3.8) is 0 Å². The van der Waals surface area contributed by atoms with Gasteiger partial charge in [0, 0.05) is 5.56 Å². The zero-order chi connectivity index (χ0) is 17.1. The molecule has 0 saturated heterocycles. The van der Waals surface area contributed by atoms with E-state index in [1.54, 1.807) is 30.3 Å². The SMILES string of the molecule is CCc1ccc(O)c(NC(=S)NC(=O)c2ccc3c(c2)OCO3)c1. The molecule has 6 nitrogen and oxygen atoms in total. The first kappa shape index (κ1) is 16.1. The Balaban J connectivity index is 1.67. The molecule has 0 spiro atoms. The van der Waals surface area contributed by atoms with Gasteiger partial charge in [0.25, 0.3) is 5.91 Å². The van der Waals surface area contributed by atoms with Gasteiger partial charge >= 0.3 is 0 Å². The molecule has 3 N–H and O–H groups in total. The molecule has 0 unspecified atom stereocenters. The lowest BCUT2D eigenvalue weighted by molar-refractivity contribution is 0.0977. The minimum Gasteiger partial charge on any atom is -0.506 e. The van der Waals surface area contributed by atoms with Crippen LogP contribution in [-0.4, -0.2) is 22.9 Å². The van der Waals surface area contributed by atoms with Crippen molar-refractivity contribution in [2.24, 2.45) is 0 Å². The topological polar surface area (TPSA) is 79.8 Å². The highest BCUT2D eigenvalue weighted by atomic mass is 32.1. The highest BCUT2D eigenvalue weighted by molar-refractivity contribution is 7.80. The van der Waals surface area contributed by atoms with E-state index in [-0.39, 0.29) is 23.6 Å². The largest absolute Gasteiger partial charge is 0.506 e. The van der Waals surface area contributed by atoms with E-state index >= 15 is 0 Å². The second-order valence-electron chi connectivity index (χ2n) is 5.18. The average molecular weight is 344 g/mol. The molecule has 0 fully saturated rings. The van der Waals surface area contributed by atoms with E-state index in [0.717, 1.165) is 12.0 Å². The molecule has 1 aliphatic heterocycles. The number of aromatic hydroxyl groups is 1. The van der Waals surface area contributed by atoms with E-state index in [0.29, 0.717) is 22.7 Å². The molecule has 0 atom stereocenters. The van der Waals surface area contributed by atoms with Gasteiger partial charge in [0.1, 0.15) is 5.75 Å². The fourth-order valence-electron chi connectivity index (χ4n) is 2.27. The maximum Gasteiger partial charge on any atom is 0.257 e. The number of thiocarbonyl (C=S) groups is 1. The highest BCUT2D eigenvalue weighted by Crippen LogP contribution is 2.32. The minimum atomic E-state index is -0.378. The molecule has 0 saturated carbocycles. The van der Waals surface area contributed by atoms with Gasteiger partial charge in [-0.2, -0.15) is 0 Å². The van der Waals surface area contributed by atoms with Crippen molar-refractivity contribution in [2.75, 3.05) is 12.1 Å². The fraction of sp³-hybridized carbons (Fsp3) is 0.176. The number of ether oxygens (including phenoxy) is 2. The zero-order valence-corrected chi connectivity index (χ0v) is 13.8. The number of carbonyl (C=O) groups is 1. The van der Waals surface area contributed by atoms with Crippen LogP contribution < -0.4 is 20.1 Å². The van der Waals surface area contributed by atoms with Crippen molar-refractivity contribution < 1.29 is 19.4 Å². The molecular formula is C17H16N2O4S. The van der Waals surface area contributed by atoms with E-state index in [2.05, 4.69) is 10.6 Å². The maximum atomic E-state index is 12.3. The molecule has 1 aliphatic rings. The molecular weight excluding hydrogens is 328 g/mol. The maximum absolute atomic E-state index is 12.3. The Bertz CT molecular complexity index is 807. The third-order valence-electron chi connectivity index (χ3n) is 3.58. The van der Waals surface area contributed by atoms with Gasteiger partial charge in [-0.1, -0.05) is 13.0 Å². The van der Waals surface area contributed by atoms with Gasteiger partial charge in [-0.05, 0) is 54.5 Å². The molecule has 1 heterocycles. The summed E-state index contributed by atoms with van der Waals surface area (Å²) in [6.07, 6.45) is 0.825. The number of anilines is 1. The van der Waals surface area contributed by atoms with E-state index in [1.807, 2.05) is 13.0 Å². The van der Waals surface area contributed by atoms with Crippen molar-refractivity contribution >= 4 is 28.9 Å². The van der Waals surface area contributed by atoms with Crippen LogP contribution in [0.2, 0.25) is 0 Å². The van der Waals surface area contributed by atoms with Crippen LogP contribution in [0.25, 0.3) is 0 Å². The number of hydrogen-bond acceptors (Lipinski definition) is 5. The van der Waals surface area contributed by atoms with Crippen LogP contribution in [0.1, 0.15) is 22.8 Å². The van der Waals surface area contributed by atoms with Crippen LogP contribution in [0.15, 0.2) is 36.4 Å². The molecule has 0 aliphatic carbocycles. The number of nitrogens with one attached hydrogen (secondary N) is 2. The summed E-state index contributed by atoms with van der Waals surface area (Å²) < 4.78 is 10.5. The number of rotatable bonds is 3. The summed E-state index contributed by atoms with van der Waals surface area (Å²) in [5.74, 6) is 0.812. The lowest BCUT2D eigenvalue weighted by atomic mass is 10.1. The molecule has 24 heavy (non-hydrogen) atoms. The third-order valence-corrected chi connectivity index (χ3v) is 3.78. The van der Waals surface area contributed by atoms with Crippen molar-refractivity contribution in [3.8, 4) is 17.2 Å². The summed E-state index contributed by atoms with van der Waals surface area (Å²) in [6, 6.07) is 10.1. The number of aryl methyl sites for hydroxylation is 1. The Hall–Kier alpha value is -2.80. The summed E-state index contributed by atoms with van der Waals surface area (Å²) in [6.45, 7) is 2.16. The van der Waals surface area contributed by atoms with Crippen LogP contribution in [0.4, 0.5) is 5.69 Å². The lowest BCUT2D eigenvalue weighted by Gasteiger charge is -2.12. The van der Waals surface area contributed by atoms with Crippen molar-refractivity contribution in [3.05, 3.63) is 47.5 Å². The monoisotopic (exact) mass is 344 g/mol. The van der Waals surface area contributed by atoms with Crippen LogP contribution in [0.3, 0.4) is 0 Å². The van der Waals surface area contributed by atoms with Crippen LogP contribution in [-0.2, 0) is 6.42 Å². The second kappa shape index (κ2) is 6.76. The summed E-state index contributed by atoms with van der Waals surface area (Å²) in [5.41, 5.74) is 1.89. The van der Waals surface area contributed by atoms with E-state index in [1.165, 1.54) is 0 Å². The molecule has 0 bridgehead atoms. The van der Waals surface area contributed by atoms with E-state index in [9.17, 15) is 9.90 Å². The number of carbonyl (C=O) groups excluding carboxylic acids is 1. The van der Waals surface area contributed by atoms with Crippen LogP contribution >= 0.6 is 12.2 Å². The normalized spacial score (nSPS) is 11.9. The van der Waals surface area contributed by atoms with Crippen LogP contribution in [0, 0.1) is 0 Å². The predicted octanol–water partition coefficient (Wildman–Crippen LogP) is 2.81. The number of amides is 1. The van der Waals surface area contributed by atoms with Gasteiger partial charge in [-0.15, -0.1) is 0 Å². The standard InChI is InChI=1S/C17H16N2O4S/c1-2-10-3-5-13(20)12(7-10)18-17(24)19-16(21)11-4-6-14-15(8-11)23-9-22-14/h3-8,20H,2,9H2,1H3,(H2,18,19,21,24). The Kier molecular flexibility index (Phi) is 4.52. The minimum absolute atomic E-state index is 0.0619. The quantitative estimate of drug-likeness (QED) is 0.587. The van der Waals surface area contributed by atoms with Crippen molar-refractivity contribution in [2.45, 2.75) is 13.3 Å². The van der Waals surface area contributed by atoms with Gasteiger partial charge in [0.15, 0.2) is 16.6 Å². The number of phenols is 1. The first-order valence-electron chi connectivity index (χ1n) is 7.40. The van der Waals surface area contributed by atoms with Crippen LogP contribution in [0.5, 0.6) is 17.2 Å². The molecule has 0 radical (unpaired) electrons.